The molecule has 0 fully saturated rings. The Balaban J connectivity index is 1.71. The van der Waals surface area contributed by atoms with Gasteiger partial charge in [-0.2, -0.15) is 0 Å². The summed E-state index contributed by atoms with van der Waals surface area (Å²) in [5.74, 6) is 1.26. The van der Waals surface area contributed by atoms with Crippen LogP contribution in [0.1, 0.15) is 29.8 Å². The molecule has 2 aromatic carbocycles. The number of carbonyl (C=O) groups excluding carboxylic acids is 1. The van der Waals surface area contributed by atoms with Crippen LogP contribution in [0, 0.1) is 0 Å². The topological polar surface area (TPSA) is 73.3 Å². The molecule has 0 aliphatic heterocycles. The molecule has 1 heterocycles. The molecule has 162 valence electrons. The second-order valence-corrected chi connectivity index (χ2v) is 7.41. The van der Waals surface area contributed by atoms with Crippen molar-refractivity contribution < 1.29 is 14.3 Å². The van der Waals surface area contributed by atoms with Crippen molar-refractivity contribution in [2.45, 2.75) is 25.4 Å². The van der Waals surface area contributed by atoms with Crippen molar-refractivity contribution >= 4 is 17.7 Å². The highest BCUT2D eigenvalue weighted by atomic mass is 32.2. The van der Waals surface area contributed by atoms with Crippen molar-refractivity contribution in [2.24, 2.45) is 0 Å². The van der Waals surface area contributed by atoms with Crippen molar-refractivity contribution in [2.75, 3.05) is 26.0 Å². The summed E-state index contributed by atoms with van der Waals surface area (Å²) in [5.41, 5.74) is 3.05. The molecule has 3 aromatic rings. The maximum atomic E-state index is 12.9. The molecule has 31 heavy (non-hydrogen) atoms. The van der Waals surface area contributed by atoms with Gasteiger partial charge in [-0.3, -0.25) is 4.79 Å². The number of nitrogens with one attached hydrogen (secondary N) is 1. The summed E-state index contributed by atoms with van der Waals surface area (Å²) >= 11 is 1.45. The highest BCUT2D eigenvalue weighted by Crippen LogP contribution is 2.28. The van der Waals surface area contributed by atoms with Gasteiger partial charge in [-0.1, -0.05) is 48.2 Å². The van der Waals surface area contributed by atoms with E-state index in [4.69, 9.17) is 9.47 Å². The third-order valence-corrected chi connectivity index (χ3v) is 5.11. The highest BCUT2D eigenvalue weighted by Gasteiger charge is 2.16. The SMILES string of the molecule is CCOc1ccc(CCNC(=O)c2cnc(SC)nc2-c2ccccc2)cc1OCC. The first-order valence-corrected chi connectivity index (χ1v) is 11.5. The predicted molar refractivity (Wildman–Crippen MR) is 124 cm³/mol. The van der Waals surface area contributed by atoms with Gasteiger partial charge in [0.2, 0.25) is 0 Å². The standard InChI is InChI=1S/C24H27N3O3S/c1-4-29-20-12-11-17(15-21(20)30-5-2)13-14-25-23(28)19-16-26-24(31-3)27-22(19)18-9-7-6-8-10-18/h6-12,15-16H,4-5,13-14H2,1-3H3,(H,25,28). The Hall–Kier alpha value is -3.06. The van der Waals surface area contributed by atoms with Gasteiger partial charge in [0.25, 0.3) is 5.91 Å². The molecule has 6 nitrogen and oxygen atoms in total. The quantitative estimate of drug-likeness (QED) is 0.368. The molecular formula is C24H27N3O3S. The largest absolute Gasteiger partial charge is 0.490 e. The third-order valence-electron chi connectivity index (χ3n) is 4.55. The van der Waals surface area contributed by atoms with Crippen LogP contribution in [-0.2, 0) is 6.42 Å². The normalized spacial score (nSPS) is 10.5. The van der Waals surface area contributed by atoms with Gasteiger partial charge in [-0.15, -0.1) is 0 Å². The van der Waals surface area contributed by atoms with E-state index in [2.05, 4.69) is 15.3 Å². The van der Waals surface area contributed by atoms with Gasteiger partial charge >= 0.3 is 0 Å². The van der Waals surface area contributed by atoms with E-state index in [1.807, 2.05) is 68.6 Å². The minimum absolute atomic E-state index is 0.192. The number of aromatic nitrogens is 2. The number of rotatable bonds is 10. The molecule has 0 saturated carbocycles. The maximum absolute atomic E-state index is 12.9. The minimum Gasteiger partial charge on any atom is -0.490 e. The number of hydrogen-bond donors (Lipinski definition) is 1. The Labute approximate surface area is 187 Å². The van der Waals surface area contributed by atoms with Crippen LogP contribution in [0.3, 0.4) is 0 Å². The number of nitrogens with zero attached hydrogens (tertiary/aromatic N) is 2. The third kappa shape index (κ3) is 5.98. The van der Waals surface area contributed by atoms with Gasteiger partial charge in [0.1, 0.15) is 0 Å². The lowest BCUT2D eigenvalue weighted by molar-refractivity contribution is 0.0954. The summed E-state index contributed by atoms with van der Waals surface area (Å²) in [5, 5.41) is 3.62. The van der Waals surface area contributed by atoms with Gasteiger partial charge in [0.15, 0.2) is 16.7 Å². The van der Waals surface area contributed by atoms with E-state index in [1.165, 1.54) is 11.8 Å². The molecule has 0 spiro atoms. The summed E-state index contributed by atoms with van der Waals surface area (Å²) < 4.78 is 11.3. The maximum Gasteiger partial charge on any atom is 0.255 e. The van der Waals surface area contributed by atoms with Crippen molar-refractivity contribution in [1.82, 2.24) is 15.3 Å². The second kappa shape index (κ2) is 11.4. The Morgan fingerprint density at radius 1 is 1.03 bits per heavy atom. The molecule has 0 radical (unpaired) electrons. The summed E-state index contributed by atoms with van der Waals surface area (Å²) in [6.07, 6.45) is 4.18. The average molecular weight is 438 g/mol. The Kier molecular flexibility index (Phi) is 8.29. The molecule has 1 amide bonds. The lowest BCUT2D eigenvalue weighted by Crippen LogP contribution is -2.26. The molecule has 0 saturated heterocycles. The monoisotopic (exact) mass is 437 g/mol. The van der Waals surface area contributed by atoms with Gasteiger partial charge < -0.3 is 14.8 Å². The molecule has 1 N–H and O–H groups in total. The van der Waals surface area contributed by atoms with Crippen molar-refractivity contribution in [3.8, 4) is 22.8 Å². The summed E-state index contributed by atoms with van der Waals surface area (Å²) in [6.45, 7) is 5.51. The van der Waals surface area contributed by atoms with Crippen LogP contribution in [0.15, 0.2) is 59.9 Å². The first kappa shape index (κ1) is 22.6. The fraction of sp³-hybridized carbons (Fsp3) is 0.292. The predicted octanol–water partition coefficient (Wildman–Crippen LogP) is 4.64. The fourth-order valence-electron chi connectivity index (χ4n) is 3.11. The Bertz CT molecular complexity index is 1010. The van der Waals surface area contributed by atoms with Crippen molar-refractivity contribution in [3.63, 3.8) is 0 Å². The Morgan fingerprint density at radius 2 is 1.77 bits per heavy atom. The van der Waals surface area contributed by atoms with Crippen LogP contribution < -0.4 is 14.8 Å². The van der Waals surface area contributed by atoms with E-state index in [-0.39, 0.29) is 5.91 Å². The fourth-order valence-corrected chi connectivity index (χ4v) is 3.45. The lowest BCUT2D eigenvalue weighted by atomic mass is 10.1. The van der Waals surface area contributed by atoms with Crippen molar-refractivity contribution in [3.05, 3.63) is 65.9 Å². The van der Waals surface area contributed by atoms with E-state index < -0.39 is 0 Å². The zero-order chi connectivity index (χ0) is 22.1. The van der Waals surface area contributed by atoms with Gasteiger partial charge in [0, 0.05) is 18.3 Å². The number of ether oxygens (including phenoxy) is 2. The minimum atomic E-state index is -0.192. The van der Waals surface area contributed by atoms with Crippen LogP contribution in [0.5, 0.6) is 11.5 Å². The van der Waals surface area contributed by atoms with Gasteiger partial charge in [-0.05, 0) is 44.2 Å². The molecule has 0 aliphatic rings. The zero-order valence-corrected chi connectivity index (χ0v) is 18.9. The molecule has 0 atom stereocenters. The molecule has 0 unspecified atom stereocenters. The van der Waals surface area contributed by atoms with Crippen LogP contribution in [0.25, 0.3) is 11.3 Å². The first-order chi connectivity index (χ1) is 15.2. The molecule has 0 bridgehead atoms. The van der Waals surface area contributed by atoms with Crippen LogP contribution >= 0.6 is 11.8 Å². The Morgan fingerprint density at radius 3 is 2.48 bits per heavy atom. The number of carbonyl (C=O) groups is 1. The number of hydrogen-bond acceptors (Lipinski definition) is 6. The molecule has 1 aromatic heterocycles. The van der Waals surface area contributed by atoms with Crippen LogP contribution in [0.2, 0.25) is 0 Å². The highest BCUT2D eigenvalue weighted by molar-refractivity contribution is 7.98. The summed E-state index contributed by atoms with van der Waals surface area (Å²) in [7, 11) is 0. The van der Waals surface area contributed by atoms with Crippen molar-refractivity contribution in [1.29, 1.82) is 0 Å². The molecular weight excluding hydrogens is 410 g/mol. The van der Waals surface area contributed by atoms with Crippen LogP contribution in [-0.4, -0.2) is 41.9 Å². The number of amides is 1. The van der Waals surface area contributed by atoms with E-state index >= 15 is 0 Å². The number of benzene rings is 2. The number of thioether (sulfide) groups is 1. The smallest absolute Gasteiger partial charge is 0.255 e. The summed E-state index contributed by atoms with van der Waals surface area (Å²) in [6, 6.07) is 15.6. The summed E-state index contributed by atoms with van der Waals surface area (Å²) in [4.78, 5) is 21.8. The molecule has 0 aliphatic carbocycles. The first-order valence-electron chi connectivity index (χ1n) is 10.3. The average Bonchev–Trinajstić information content (AvgIpc) is 2.81. The van der Waals surface area contributed by atoms with E-state index in [0.29, 0.717) is 42.6 Å². The zero-order valence-electron chi connectivity index (χ0n) is 18.1. The lowest BCUT2D eigenvalue weighted by Gasteiger charge is -2.13. The second-order valence-electron chi connectivity index (χ2n) is 6.64. The van der Waals surface area contributed by atoms with E-state index in [9.17, 15) is 4.79 Å². The van der Waals surface area contributed by atoms with E-state index in [0.717, 1.165) is 22.6 Å². The van der Waals surface area contributed by atoms with Gasteiger partial charge in [-0.25, -0.2) is 9.97 Å². The molecule has 7 heteroatoms. The van der Waals surface area contributed by atoms with Crippen LogP contribution in [0.4, 0.5) is 0 Å². The van der Waals surface area contributed by atoms with E-state index in [1.54, 1.807) is 6.20 Å². The van der Waals surface area contributed by atoms with Gasteiger partial charge in [0.05, 0.1) is 24.5 Å². The molecule has 3 rings (SSSR count).